The van der Waals surface area contributed by atoms with E-state index in [0.29, 0.717) is 23.7 Å². The zero-order chi connectivity index (χ0) is 17.3. The fourth-order valence-corrected chi connectivity index (χ4v) is 3.14. The van der Waals surface area contributed by atoms with E-state index in [1.165, 1.54) is 0 Å². The maximum absolute atomic E-state index is 13.0. The van der Waals surface area contributed by atoms with E-state index in [9.17, 15) is 9.90 Å². The van der Waals surface area contributed by atoms with Gasteiger partial charge in [0.2, 0.25) is 0 Å². The van der Waals surface area contributed by atoms with E-state index in [0.717, 1.165) is 16.7 Å². The Morgan fingerprint density at radius 1 is 1.04 bits per heavy atom. The van der Waals surface area contributed by atoms with E-state index in [2.05, 4.69) is 0 Å². The minimum absolute atomic E-state index is 0.0479. The predicted octanol–water partition coefficient (Wildman–Crippen LogP) is 3.86. The van der Waals surface area contributed by atoms with Gasteiger partial charge in [-0.05, 0) is 42.7 Å². The maximum atomic E-state index is 13.0. The van der Waals surface area contributed by atoms with E-state index in [1.807, 2.05) is 54.6 Å². The molecule has 0 aromatic heterocycles. The van der Waals surface area contributed by atoms with E-state index >= 15 is 0 Å². The smallest absolute Gasteiger partial charge is 0.255 e. The summed E-state index contributed by atoms with van der Waals surface area (Å²) >= 11 is 5.99. The summed E-state index contributed by atoms with van der Waals surface area (Å²) in [5.41, 5.74) is 2.59. The van der Waals surface area contributed by atoms with Crippen LogP contribution in [-0.2, 0) is 4.79 Å². The summed E-state index contributed by atoms with van der Waals surface area (Å²) in [6, 6.07) is 17.2. The number of aliphatic hydroxyl groups is 1. The quantitative estimate of drug-likeness (QED) is 0.917. The third-order valence-electron chi connectivity index (χ3n) is 3.98. The van der Waals surface area contributed by atoms with Gasteiger partial charge >= 0.3 is 0 Å². The normalized spacial score (nSPS) is 15.3. The van der Waals surface area contributed by atoms with Crippen LogP contribution in [0.25, 0.3) is 11.1 Å². The van der Waals surface area contributed by atoms with Crippen molar-refractivity contribution in [3.63, 3.8) is 0 Å². The molecule has 0 spiro atoms. The van der Waals surface area contributed by atoms with Gasteiger partial charge in [-0.15, -0.1) is 0 Å². The van der Waals surface area contributed by atoms with Gasteiger partial charge in [0, 0.05) is 18.1 Å². The van der Waals surface area contributed by atoms with Crippen LogP contribution in [0, 0.1) is 0 Å². The summed E-state index contributed by atoms with van der Waals surface area (Å²) in [7, 11) is 0. The van der Waals surface area contributed by atoms with Gasteiger partial charge < -0.3 is 10.0 Å². The van der Waals surface area contributed by atoms with Crippen LogP contribution < -0.4 is 0 Å². The van der Waals surface area contributed by atoms with Gasteiger partial charge in [0.05, 0.1) is 11.2 Å². The fraction of sp³-hybridized carbons (Fsp3) is 0.250. The van der Waals surface area contributed by atoms with Crippen molar-refractivity contribution >= 4 is 28.7 Å². The molecule has 3 nitrogen and oxygen atoms in total. The van der Waals surface area contributed by atoms with E-state index in [1.54, 1.807) is 18.7 Å². The summed E-state index contributed by atoms with van der Waals surface area (Å²) in [5, 5.41) is 10.8. The Balaban J connectivity index is 2.06. The molecule has 1 aliphatic rings. The number of rotatable bonds is 4. The standard InChI is InChI=1S/C20H20ClNO2/c1-20(2,24)13-22-12-17(14-8-10-16(21)11-9-14)18(19(22)23)15-6-4-3-5-7-15/h3-11,24H,12-13H2,1-2H3. The van der Waals surface area contributed by atoms with Crippen molar-refractivity contribution in [3.8, 4) is 0 Å². The summed E-state index contributed by atoms with van der Waals surface area (Å²) in [6.45, 7) is 4.19. The molecular formula is C20H20ClNO2. The first-order chi connectivity index (χ1) is 11.3. The van der Waals surface area contributed by atoms with Gasteiger partial charge in [-0.3, -0.25) is 4.79 Å². The number of benzene rings is 2. The molecule has 0 atom stereocenters. The lowest BCUT2D eigenvalue weighted by atomic mass is 9.97. The highest BCUT2D eigenvalue weighted by atomic mass is 35.5. The Morgan fingerprint density at radius 2 is 1.67 bits per heavy atom. The Hall–Kier alpha value is -2.10. The van der Waals surface area contributed by atoms with Crippen molar-refractivity contribution in [1.82, 2.24) is 4.90 Å². The lowest BCUT2D eigenvalue weighted by molar-refractivity contribution is -0.126. The lowest BCUT2D eigenvalue weighted by Gasteiger charge is -2.25. The Morgan fingerprint density at radius 3 is 2.25 bits per heavy atom. The second-order valence-corrected chi connectivity index (χ2v) is 7.14. The van der Waals surface area contributed by atoms with Crippen molar-refractivity contribution in [2.45, 2.75) is 19.4 Å². The van der Waals surface area contributed by atoms with Gasteiger partial charge in [0.1, 0.15) is 0 Å². The highest BCUT2D eigenvalue weighted by molar-refractivity contribution is 6.31. The number of carbonyl (C=O) groups is 1. The zero-order valence-electron chi connectivity index (χ0n) is 13.8. The van der Waals surface area contributed by atoms with Gasteiger partial charge in [-0.25, -0.2) is 0 Å². The highest BCUT2D eigenvalue weighted by Gasteiger charge is 2.34. The molecule has 1 heterocycles. The SMILES string of the molecule is CC(C)(O)CN1CC(c2ccc(Cl)cc2)=C(c2ccccc2)C1=O. The topological polar surface area (TPSA) is 40.5 Å². The second-order valence-electron chi connectivity index (χ2n) is 6.70. The number of nitrogens with zero attached hydrogens (tertiary/aromatic N) is 1. The third kappa shape index (κ3) is 3.53. The summed E-state index contributed by atoms with van der Waals surface area (Å²) in [6.07, 6.45) is 0. The number of carbonyl (C=O) groups excluding carboxylic acids is 1. The predicted molar refractivity (Wildman–Crippen MR) is 97.6 cm³/mol. The van der Waals surface area contributed by atoms with Gasteiger partial charge in [0.25, 0.3) is 5.91 Å². The van der Waals surface area contributed by atoms with Crippen molar-refractivity contribution in [2.24, 2.45) is 0 Å². The molecule has 2 aromatic carbocycles. The number of hydrogen-bond acceptors (Lipinski definition) is 2. The summed E-state index contributed by atoms with van der Waals surface area (Å²) in [5.74, 6) is -0.0479. The zero-order valence-corrected chi connectivity index (χ0v) is 14.5. The average molecular weight is 342 g/mol. The summed E-state index contributed by atoms with van der Waals surface area (Å²) < 4.78 is 0. The van der Waals surface area contributed by atoms with Crippen molar-refractivity contribution < 1.29 is 9.90 Å². The van der Waals surface area contributed by atoms with Crippen molar-refractivity contribution in [3.05, 3.63) is 70.7 Å². The Kier molecular flexibility index (Phi) is 4.48. The Labute approximate surface area is 147 Å². The second kappa shape index (κ2) is 6.42. The molecule has 1 amide bonds. The molecule has 0 saturated heterocycles. The molecule has 24 heavy (non-hydrogen) atoms. The first-order valence-electron chi connectivity index (χ1n) is 7.91. The average Bonchev–Trinajstić information content (AvgIpc) is 2.84. The van der Waals surface area contributed by atoms with Crippen molar-refractivity contribution in [2.75, 3.05) is 13.1 Å². The highest BCUT2D eigenvalue weighted by Crippen LogP contribution is 2.35. The molecule has 0 bridgehead atoms. The molecular weight excluding hydrogens is 322 g/mol. The molecule has 1 aliphatic heterocycles. The molecule has 3 rings (SSSR count). The molecule has 0 radical (unpaired) electrons. The lowest BCUT2D eigenvalue weighted by Crippen LogP contribution is -2.40. The van der Waals surface area contributed by atoms with Gasteiger partial charge in [-0.2, -0.15) is 0 Å². The minimum atomic E-state index is -0.938. The number of halogens is 1. The van der Waals surface area contributed by atoms with Crippen LogP contribution in [-0.4, -0.2) is 34.6 Å². The number of amides is 1. The number of β-amino-alcohol motifs (C(OH)–C–C–N with tert-alkyl or cyclic N) is 1. The molecule has 2 aromatic rings. The summed E-state index contributed by atoms with van der Waals surface area (Å²) in [4.78, 5) is 14.7. The molecule has 1 N–H and O–H groups in total. The fourth-order valence-electron chi connectivity index (χ4n) is 3.01. The van der Waals surface area contributed by atoms with Crippen molar-refractivity contribution in [1.29, 1.82) is 0 Å². The van der Waals surface area contributed by atoms with Crippen LogP contribution in [0.4, 0.5) is 0 Å². The van der Waals surface area contributed by atoms with E-state index in [4.69, 9.17) is 11.6 Å². The van der Waals surface area contributed by atoms with Crippen LogP contribution in [0.2, 0.25) is 5.02 Å². The molecule has 124 valence electrons. The molecule has 0 unspecified atom stereocenters. The molecule has 4 heteroatoms. The monoisotopic (exact) mass is 341 g/mol. The minimum Gasteiger partial charge on any atom is -0.389 e. The number of hydrogen-bond donors (Lipinski definition) is 1. The Bertz CT molecular complexity index is 774. The molecule has 0 saturated carbocycles. The third-order valence-corrected chi connectivity index (χ3v) is 4.24. The van der Waals surface area contributed by atoms with Gasteiger partial charge in [-0.1, -0.05) is 54.1 Å². The van der Waals surface area contributed by atoms with Gasteiger partial charge in [0.15, 0.2) is 0 Å². The first kappa shape index (κ1) is 16.7. The molecule has 0 aliphatic carbocycles. The maximum Gasteiger partial charge on any atom is 0.255 e. The van der Waals surface area contributed by atoms with Crippen LogP contribution in [0.3, 0.4) is 0 Å². The van der Waals surface area contributed by atoms with Crippen LogP contribution in [0.15, 0.2) is 54.6 Å². The first-order valence-corrected chi connectivity index (χ1v) is 8.29. The van der Waals surface area contributed by atoms with E-state index in [-0.39, 0.29) is 5.91 Å². The van der Waals surface area contributed by atoms with Crippen LogP contribution in [0.5, 0.6) is 0 Å². The van der Waals surface area contributed by atoms with E-state index < -0.39 is 5.60 Å². The van der Waals surface area contributed by atoms with Crippen LogP contribution in [0.1, 0.15) is 25.0 Å². The molecule has 0 fully saturated rings. The largest absolute Gasteiger partial charge is 0.389 e. The van der Waals surface area contributed by atoms with Crippen LogP contribution >= 0.6 is 11.6 Å².